The highest BCUT2D eigenvalue weighted by molar-refractivity contribution is 6.19. The SMILES string of the molecule is c1ccc(C2(c3ccccc3)c3ccccc3-c3c(N(c4cccc(-c5cc6ccccc6c6ccccc56)c4)c4cc5ccccc5c5ccccc45)cccc32)cc1.c1ccc(C2(c3ccccc3)c3ccccc3-c3ccc(N(c4cccc(-c5cc6ccccc6c6ccccc56)c4)c4cc5ccccc5c5ccccc45)cc32)cc1. The summed E-state index contributed by atoms with van der Waals surface area (Å²) < 4.78 is 0. The Balaban J connectivity index is 0.000000140. The molecule has 0 heterocycles. The number of hydrogen-bond acceptors (Lipinski definition) is 2. The van der Waals surface area contributed by atoms with Crippen LogP contribution in [0.4, 0.5) is 34.1 Å². The number of benzene rings is 22. The molecular formula is C118H78N2. The summed E-state index contributed by atoms with van der Waals surface area (Å²) in [4.78, 5) is 5.05. The highest BCUT2D eigenvalue weighted by atomic mass is 15.2. The Morgan fingerprint density at radius 3 is 0.917 bits per heavy atom. The second-order valence-electron chi connectivity index (χ2n) is 32.0. The van der Waals surface area contributed by atoms with Crippen molar-refractivity contribution in [3.63, 3.8) is 0 Å². The lowest BCUT2D eigenvalue weighted by Crippen LogP contribution is -2.28. The molecule has 0 amide bonds. The molecule has 0 atom stereocenters. The summed E-state index contributed by atoms with van der Waals surface area (Å²) in [7, 11) is 0. The van der Waals surface area contributed by atoms with Gasteiger partial charge >= 0.3 is 0 Å². The van der Waals surface area contributed by atoms with Gasteiger partial charge in [0, 0.05) is 33.4 Å². The van der Waals surface area contributed by atoms with Crippen LogP contribution in [-0.2, 0) is 10.8 Å². The Morgan fingerprint density at radius 1 is 0.150 bits per heavy atom. The van der Waals surface area contributed by atoms with E-state index in [0.29, 0.717) is 0 Å². The Morgan fingerprint density at radius 2 is 0.458 bits per heavy atom. The van der Waals surface area contributed by atoms with Crippen LogP contribution in [0.1, 0.15) is 44.5 Å². The van der Waals surface area contributed by atoms with Crippen LogP contribution in [0, 0.1) is 0 Å². The Hall–Kier alpha value is -15.5. The smallest absolute Gasteiger partial charge is 0.0714 e. The van der Waals surface area contributed by atoms with Crippen LogP contribution in [0.2, 0.25) is 0 Å². The number of hydrogen-bond donors (Lipinski definition) is 0. The molecule has 0 fully saturated rings. The highest BCUT2D eigenvalue weighted by Gasteiger charge is 2.49. The molecule has 2 nitrogen and oxygen atoms in total. The van der Waals surface area contributed by atoms with Crippen LogP contribution in [0.15, 0.2) is 473 Å². The van der Waals surface area contributed by atoms with E-state index in [1.165, 1.54) is 175 Å². The van der Waals surface area contributed by atoms with Gasteiger partial charge in [-0.3, -0.25) is 0 Å². The van der Waals surface area contributed by atoms with Crippen molar-refractivity contribution in [1.29, 1.82) is 0 Å². The molecule has 0 bridgehead atoms. The van der Waals surface area contributed by atoms with Crippen molar-refractivity contribution in [3.05, 3.63) is 518 Å². The first-order valence-corrected chi connectivity index (χ1v) is 41.7. The fourth-order valence-corrected chi connectivity index (χ4v) is 20.7. The van der Waals surface area contributed by atoms with Crippen molar-refractivity contribution in [2.75, 3.05) is 9.80 Å². The van der Waals surface area contributed by atoms with E-state index < -0.39 is 10.8 Å². The average molecular weight is 1520 g/mol. The van der Waals surface area contributed by atoms with Crippen LogP contribution in [-0.4, -0.2) is 0 Å². The third-order valence-corrected chi connectivity index (χ3v) is 25.7. The zero-order valence-corrected chi connectivity index (χ0v) is 65.9. The van der Waals surface area contributed by atoms with Crippen molar-refractivity contribution in [2.24, 2.45) is 0 Å². The largest absolute Gasteiger partial charge is 0.310 e. The van der Waals surface area contributed by atoms with E-state index in [1.54, 1.807) is 0 Å². The molecule has 22 aromatic rings. The van der Waals surface area contributed by atoms with E-state index in [1.807, 2.05) is 0 Å². The fourth-order valence-electron chi connectivity index (χ4n) is 20.7. The van der Waals surface area contributed by atoms with E-state index in [4.69, 9.17) is 0 Å². The minimum atomic E-state index is -0.520. The van der Waals surface area contributed by atoms with Crippen molar-refractivity contribution >= 4 is 120 Å². The van der Waals surface area contributed by atoms with E-state index in [2.05, 4.69) is 483 Å². The Labute approximate surface area is 698 Å². The van der Waals surface area contributed by atoms with Gasteiger partial charge < -0.3 is 9.80 Å². The highest BCUT2D eigenvalue weighted by Crippen LogP contribution is 2.62. The summed E-state index contributed by atoms with van der Waals surface area (Å²) in [5.74, 6) is 0. The van der Waals surface area contributed by atoms with Crippen molar-refractivity contribution in [1.82, 2.24) is 0 Å². The third kappa shape index (κ3) is 11.0. The number of anilines is 6. The van der Waals surface area contributed by atoms with Gasteiger partial charge in [-0.2, -0.15) is 0 Å². The van der Waals surface area contributed by atoms with E-state index in [-0.39, 0.29) is 0 Å². The zero-order valence-electron chi connectivity index (χ0n) is 65.9. The predicted octanol–water partition coefficient (Wildman–Crippen LogP) is 31.6. The van der Waals surface area contributed by atoms with Crippen LogP contribution < -0.4 is 9.80 Å². The van der Waals surface area contributed by atoms with Gasteiger partial charge in [0.1, 0.15) is 0 Å². The molecule has 0 N–H and O–H groups in total. The van der Waals surface area contributed by atoms with Gasteiger partial charge in [0.15, 0.2) is 0 Å². The fraction of sp³-hybridized carbons (Fsp3) is 0.0169. The van der Waals surface area contributed by atoms with Crippen molar-refractivity contribution < 1.29 is 0 Å². The van der Waals surface area contributed by atoms with Gasteiger partial charge in [-0.05, 0) is 226 Å². The molecule has 0 aliphatic heterocycles. The van der Waals surface area contributed by atoms with Gasteiger partial charge in [-0.15, -0.1) is 0 Å². The summed E-state index contributed by atoms with van der Waals surface area (Å²) in [5, 5.41) is 19.9. The van der Waals surface area contributed by atoms with Gasteiger partial charge in [-0.1, -0.05) is 406 Å². The van der Waals surface area contributed by atoms with Gasteiger partial charge in [0.2, 0.25) is 0 Å². The van der Waals surface area contributed by atoms with Crippen LogP contribution >= 0.6 is 0 Å². The molecule has 120 heavy (non-hydrogen) atoms. The minimum Gasteiger partial charge on any atom is -0.310 e. The van der Waals surface area contributed by atoms with Crippen molar-refractivity contribution in [2.45, 2.75) is 10.8 Å². The molecule has 22 aromatic carbocycles. The molecule has 560 valence electrons. The first kappa shape index (κ1) is 70.0. The summed E-state index contributed by atoms with van der Waals surface area (Å²) in [6, 6.07) is 175. The summed E-state index contributed by atoms with van der Waals surface area (Å²) in [6.45, 7) is 0. The maximum Gasteiger partial charge on any atom is 0.0714 e. The normalized spacial score (nSPS) is 12.8. The van der Waals surface area contributed by atoms with Gasteiger partial charge in [0.05, 0.1) is 27.9 Å². The Kier molecular flexibility index (Phi) is 16.8. The summed E-state index contributed by atoms with van der Waals surface area (Å²) >= 11 is 0. The molecule has 2 heteroatoms. The number of nitrogens with zero attached hydrogens (tertiary/aromatic N) is 2. The quantitative estimate of drug-likeness (QED) is 0.113. The van der Waals surface area contributed by atoms with E-state index in [9.17, 15) is 0 Å². The zero-order chi connectivity index (χ0) is 79.2. The lowest BCUT2D eigenvalue weighted by Gasteiger charge is -2.35. The second-order valence-corrected chi connectivity index (χ2v) is 32.0. The van der Waals surface area contributed by atoms with E-state index in [0.717, 1.165) is 34.1 Å². The molecule has 2 aliphatic carbocycles. The monoisotopic (exact) mass is 1520 g/mol. The number of fused-ring (bicyclic) bond motifs is 18. The maximum atomic E-state index is 2.54. The first-order chi connectivity index (χ1) is 59.6. The molecule has 0 radical (unpaired) electrons. The molecule has 0 spiro atoms. The standard InChI is InChI=1S/2C59H39N/c1-3-22-43(23-4-1)59(44-24-5-2-6-25-44)54-34-16-15-33-52(54)58-55(59)35-18-36-56(58)60(57-39-42-20-8-10-28-47(42)49-30-13-14-32-51(49)57)45-26-17-21-40(37-45)53-38-41-19-7-9-27-46(41)48-29-11-12-31-50(48)53;1-3-21-43(22-4-1)59(44-23-5-2-6-24-44)56-33-16-15-31-52(56)53-35-34-46(39-57(53)59)60(58-38-42-19-8-10-27-48(42)50-29-13-14-32-54(50)58)45-25-17-20-40(36-45)55-37-41-18-7-9-26-47(41)49-28-11-12-30-51(49)55/h2*1-39H. The van der Waals surface area contributed by atoms with Gasteiger partial charge in [0.25, 0.3) is 0 Å². The molecule has 2 aliphatic rings. The lowest BCUT2D eigenvalue weighted by atomic mass is 9.67. The average Bonchev–Trinajstić information content (AvgIpc) is 1.53. The number of rotatable bonds is 12. The lowest BCUT2D eigenvalue weighted by molar-refractivity contribution is 0.768. The van der Waals surface area contributed by atoms with Gasteiger partial charge in [-0.25, -0.2) is 0 Å². The molecule has 0 aromatic heterocycles. The van der Waals surface area contributed by atoms with Crippen LogP contribution in [0.3, 0.4) is 0 Å². The topological polar surface area (TPSA) is 6.48 Å². The summed E-state index contributed by atoms with van der Waals surface area (Å²) in [5.41, 5.74) is 25.8. The predicted molar refractivity (Wildman–Crippen MR) is 508 cm³/mol. The second kappa shape index (κ2) is 28.8. The molecule has 24 rings (SSSR count). The Bertz CT molecular complexity index is 7640. The molecule has 0 saturated carbocycles. The molecule has 0 saturated heterocycles. The minimum absolute atomic E-state index is 0.520. The molecule has 0 unspecified atom stereocenters. The maximum absolute atomic E-state index is 2.54. The summed E-state index contributed by atoms with van der Waals surface area (Å²) in [6.07, 6.45) is 0. The van der Waals surface area contributed by atoms with E-state index >= 15 is 0 Å². The van der Waals surface area contributed by atoms with Crippen molar-refractivity contribution in [3.8, 4) is 44.5 Å². The van der Waals surface area contributed by atoms with Crippen LogP contribution in [0.25, 0.3) is 131 Å². The van der Waals surface area contributed by atoms with Crippen LogP contribution in [0.5, 0.6) is 0 Å². The molecular weight excluding hydrogens is 1450 g/mol. The first-order valence-electron chi connectivity index (χ1n) is 41.7. The third-order valence-electron chi connectivity index (χ3n) is 25.7.